The second kappa shape index (κ2) is 8.09. The number of hydrogen-bond acceptors (Lipinski definition) is 2. The zero-order valence-corrected chi connectivity index (χ0v) is 11.4. The van der Waals surface area contributed by atoms with Crippen LogP contribution in [-0.4, -0.2) is 23.5 Å². The second-order valence-corrected chi connectivity index (χ2v) is 4.37. The molecule has 0 saturated heterocycles. The van der Waals surface area contributed by atoms with E-state index in [4.69, 9.17) is 5.11 Å². The number of carbonyl (C=O) groups is 2. The third-order valence-electron chi connectivity index (χ3n) is 2.72. The summed E-state index contributed by atoms with van der Waals surface area (Å²) in [6.45, 7) is 2.56. The van der Waals surface area contributed by atoms with Crippen molar-refractivity contribution in [1.82, 2.24) is 5.32 Å². The molecule has 0 unspecified atom stereocenters. The van der Waals surface area contributed by atoms with Crippen LogP contribution < -0.4 is 5.32 Å². The predicted octanol–water partition coefficient (Wildman–Crippen LogP) is 2.84. The predicted molar refractivity (Wildman–Crippen MR) is 74.9 cm³/mol. The van der Waals surface area contributed by atoms with E-state index in [-0.39, 0.29) is 5.56 Å². The highest BCUT2D eigenvalue weighted by atomic mass is 19.1. The van der Waals surface area contributed by atoms with Gasteiger partial charge in [0.25, 0.3) is 5.91 Å². The zero-order chi connectivity index (χ0) is 15.0. The molecule has 0 bridgehead atoms. The summed E-state index contributed by atoms with van der Waals surface area (Å²) in [6.07, 6.45) is 5.15. The lowest BCUT2D eigenvalue weighted by molar-refractivity contribution is -0.131. The summed E-state index contributed by atoms with van der Waals surface area (Å²) in [6, 6.07) is 3.91. The van der Waals surface area contributed by atoms with Crippen LogP contribution in [0.3, 0.4) is 0 Å². The Hall–Kier alpha value is -2.17. The molecular weight excluding hydrogens is 261 g/mol. The Kier molecular flexibility index (Phi) is 6.43. The molecule has 1 aromatic rings. The largest absolute Gasteiger partial charge is 0.478 e. The van der Waals surface area contributed by atoms with Gasteiger partial charge in [0.05, 0.1) is 5.56 Å². The molecule has 0 spiro atoms. The van der Waals surface area contributed by atoms with Gasteiger partial charge < -0.3 is 10.4 Å². The monoisotopic (exact) mass is 279 g/mol. The van der Waals surface area contributed by atoms with Crippen LogP contribution in [0.5, 0.6) is 0 Å². The van der Waals surface area contributed by atoms with E-state index in [1.807, 2.05) is 0 Å². The second-order valence-electron chi connectivity index (χ2n) is 4.37. The molecule has 4 nitrogen and oxygen atoms in total. The molecule has 0 radical (unpaired) electrons. The van der Waals surface area contributed by atoms with E-state index >= 15 is 0 Å². The molecule has 5 heteroatoms. The number of aliphatic carboxylic acids is 1. The van der Waals surface area contributed by atoms with E-state index in [1.165, 1.54) is 18.2 Å². The summed E-state index contributed by atoms with van der Waals surface area (Å²) >= 11 is 0. The van der Waals surface area contributed by atoms with Gasteiger partial charge in [-0.05, 0) is 30.2 Å². The summed E-state index contributed by atoms with van der Waals surface area (Å²) in [5, 5.41) is 11.2. The van der Waals surface area contributed by atoms with Crippen LogP contribution in [0, 0.1) is 5.82 Å². The summed E-state index contributed by atoms with van der Waals surface area (Å²) in [4.78, 5) is 22.2. The first kappa shape index (κ1) is 15.9. The van der Waals surface area contributed by atoms with E-state index in [0.717, 1.165) is 31.4 Å². The lowest BCUT2D eigenvalue weighted by Gasteiger charge is -2.06. The summed E-state index contributed by atoms with van der Waals surface area (Å²) in [5.74, 6) is -2.20. The van der Waals surface area contributed by atoms with Crippen LogP contribution in [0.15, 0.2) is 24.3 Å². The van der Waals surface area contributed by atoms with E-state index < -0.39 is 17.7 Å². The number of amides is 1. The molecule has 0 heterocycles. The van der Waals surface area contributed by atoms with Gasteiger partial charge in [-0.1, -0.05) is 25.8 Å². The highest BCUT2D eigenvalue weighted by Crippen LogP contribution is 2.12. The number of nitrogens with one attached hydrogen (secondary N) is 1. The molecular formula is C15H18FNO3. The van der Waals surface area contributed by atoms with Crippen molar-refractivity contribution in [3.63, 3.8) is 0 Å². The van der Waals surface area contributed by atoms with Crippen molar-refractivity contribution in [3.05, 3.63) is 41.2 Å². The minimum Gasteiger partial charge on any atom is -0.478 e. The number of carboxylic acid groups (broad SMARTS) is 1. The molecule has 0 aromatic heterocycles. The van der Waals surface area contributed by atoms with Crippen molar-refractivity contribution < 1.29 is 19.1 Å². The van der Waals surface area contributed by atoms with Crippen molar-refractivity contribution in [3.8, 4) is 0 Å². The molecule has 0 atom stereocenters. The summed E-state index contributed by atoms with van der Waals surface area (Å²) in [7, 11) is 0. The third-order valence-corrected chi connectivity index (χ3v) is 2.72. The van der Waals surface area contributed by atoms with Crippen molar-refractivity contribution in [2.75, 3.05) is 6.54 Å². The average molecular weight is 279 g/mol. The van der Waals surface area contributed by atoms with Crippen molar-refractivity contribution in [2.45, 2.75) is 26.2 Å². The standard InChI is InChI=1S/C15H18FNO3/c1-2-3-4-9-17-15(20)12-10-11(5-7-13(12)16)6-8-14(18)19/h5-8,10H,2-4,9H2,1H3,(H,17,20)(H,18,19). The first-order valence-corrected chi connectivity index (χ1v) is 6.53. The number of halogens is 1. The molecule has 0 saturated carbocycles. The van der Waals surface area contributed by atoms with Crippen LogP contribution in [0.25, 0.3) is 6.08 Å². The average Bonchev–Trinajstić information content (AvgIpc) is 2.42. The molecule has 0 aliphatic rings. The quantitative estimate of drug-likeness (QED) is 0.595. The van der Waals surface area contributed by atoms with E-state index in [9.17, 15) is 14.0 Å². The normalized spacial score (nSPS) is 10.7. The van der Waals surface area contributed by atoms with Crippen LogP contribution in [0.1, 0.15) is 42.1 Å². The molecule has 0 aliphatic heterocycles. The fourth-order valence-corrected chi connectivity index (χ4v) is 1.66. The van der Waals surface area contributed by atoms with Crippen LogP contribution in [0.2, 0.25) is 0 Å². The molecule has 0 aliphatic carbocycles. The van der Waals surface area contributed by atoms with Crippen LogP contribution in [0.4, 0.5) is 4.39 Å². The maximum Gasteiger partial charge on any atom is 0.328 e. The Morgan fingerprint density at radius 1 is 1.35 bits per heavy atom. The first-order chi connectivity index (χ1) is 9.54. The van der Waals surface area contributed by atoms with Crippen molar-refractivity contribution in [2.24, 2.45) is 0 Å². The zero-order valence-electron chi connectivity index (χ0n) is 11.4. The summed E-state index contributed by atoms with van der Waals surface area (Å²) < 4.78 is 13.6. The fraction of sp³-hybridized carbons (Fsp3) is 0.333. The molecule has 1 amide bonds. The number of unbranched alkanes of at least 4 members (excludes halogenated alkanes) is 2. The molecule has 2 N–H and O–H groups in total. The van der Waals surface area contributed by atoms with Gasteiger partial charge in [-0.25, -0.2) is 9.18 Å². The number of carbonyl (C=O) groups excluding carboxylic acids is 1. The van der Waals surface area contributed by atoms with Gasteiger partial charge in [-0.15, -0.1) is 0 Å². The number of benzene rings is 1. The highest BCUT2D eigenvalue weighted by molar-refractivity contribution is 5.95. The van der Waals surface area contributed by atoms with Gasteiger partial charge >= 0.3 is 5.97 Å². The van der Waals surface area contributed by atoms with Crippen LogP contribution >= 0.6 is 0 Å². The minimum absolute atomic E-state index is 0.0750. The number of hydrogen-bond donors (Lipinski definition) is 2. The van der Waals surface area contributed by atoms with E-state index in [2.05, 4.69) is 12.2 Å². The molecule has 20 heavy (non-hydrogen) atoms. The molecule has 1 rings (SSSR count). The summed E-state index contributed by atoms with van der Waals surface area (Å²) in [5.41, 5.74) is 0.390. The van der Waals surface area contributed by atoms with Gasteiger partial charge in [0.1, 0.15) is 5.82 Å². The molecule has 1 aromatic carbocycles. The fourth-order valence-electron chi connectivity index (χ4n) is 1.66. The Balaban J connectivity index is 2.75. The number of carboxylic acids is 1. The maximum absolute atomic E-state index is 13.6. The Morgan fingerprint density at radius 2 is 2.10 bits per heavy atom. The topological polar surface area (TPSA) is 66.4 Å². The lowest BCUT2D eigenvalue weighted by atomic mass is 10.1. The SMILES string of the molecule is CCCCCNC(=O)c1cc(C=CC(=O)O)ccc1F. The lowest BCUT2D eigenvalue weighted by Crippen LogP contribution is -2.25. The Labute approximate surface area is 117 Å². The van der Waals surface area contributed by atoms with Crippen molar-refractivity contribution >= 4 is 18.0 Å². The Morgan fingerprint density at radius 3 is 2.75 bits per heavy atom. The first-order valence-electron chi connectivity index (χ1n) is 6.53. The minimum atomic E-state index is -1.10. The highest BCUT2D eigenvalue weighted by Gasteiger charge is 2.11. The number of rotatable bonds is 7. The molecule has 108 valence electrons. The Bertz CT molecular complexity index is 512. The third kappa shape index (κ3) is 5.22. The van der Waals surface area contributed by atoms with Gasteiger partial charge in [0.15, 0.2) is 0 Å². The van der Waals surface area contributed by atoms with Crippen molar-refractivity contribution in [1.29, 1.82) is 0 Å². The van der Waals surface area contributed by atoms with Gasteiger partial charge in [0.2, 0.25) is 0 Å². The molecule has 0 fully saturated rings. The van der Waals surface area contributed by atoms with E-state index in [0.29, 0.717) is 12.1 Å². The van der Waals surface area contributed by atoms with Crippen LogP contribution in [-0.2, 0) is 4.79 Å². The van der Waals surface area contributed by atoms with E-state index in [1.54, 1.807) is 0 Å². The van der Waals surface area contributed by atoms with Gasteiger partial charge in [0, 0.05) is 12.6 Å². The maximum atomic E-state index is 13.6. The van der Waals surface area contributed by atoms with Gasteiger partial charge in [-0.3, -0.25) is 4.79 Å². The van der Waals surface area contributed by atoms with Gasteiger partial charge in [-0.2, -0.15) is 0 Å². The smallest absolute Gasteiger partial charge is 0.328 e.